The first kappa shape index (κ1) is 28.7. The van der Waals surface area contributed by atoms with Crippen LogP contribution in [-0.4, -0.2) is 40.4 Å². The van der Waals surface area contributed by atoms with E-state index in [-0.39, 0.29) is 43.1 Å². The van der Waals surface area contributed by atoms with E-state index in [0.29, 0.717) is 29.2 Å². The Morgan fingerprint density at radius 1 is 1.05 bits per heavy atom. The summed E-state index contributed by atoms with van der Waals surface area (Å²) >= 11 is 1.59. The highest BCUT2D eigenvalue weighted by atomic mass is 35.5. The van der Waals surface area contributed by atoms with E-state index in [4.69, 9.17) is 20.9 Å². The summed E-state index contributed by atoms with van der Waals surface area (Å²) in [6.45, 7) is 2.28. The van der Waals surface area contributed by atoms with Crippen LogP contribution in [0.1, 0.15) is 34.8 Å². The number of imidazole rings is 1. The number of halogens is 1. The molecule has 8 nitrogen and oxygen atoms in total. The minimum absolute atomic E-state index is 0. The molecule has 38 heavy (non-hydrogen) atoms. The molecule has 1 aromatic heterocycles. The lowest BCUT2D eigenvalue weighted by atomic mass is 10.1. The SMILES string of the molecule is CCOC(=O)CCN(C(=O)c1ccc2c(c1)nc(SCc1ccc(C(=N)N)cc1)n2C)c1ccccc1.Cl. The fourth-order valence-corrected chi connectivity index (χ4v) is 4.86. The lowest BCUT2D eigenvalue weighted by Gasteiger charge is -2.22. The van der Waals surface area contributed by atoms with Crippen LogP contribution in [0.15, 0.2) is 78.0 Å². The van der Waals surface area contributed by atoms with Gasteiger partial charge in [-0.2, -0.15) is 0 Å². The number of anilines is 1. The van der Waals surface area contributed by atoms with E-state index in [1.165, 1.54) is 0 Å². The molecule has 0 atom stereocenters. The zero-order valence-electron chi connectivity index (χ0n) is 21.2. The van der Waals surface area contributed by atoms with Crippen LogP contribution in [0.2, 0.25) is 0 Å². The zero-order valence-corrected chi connectivity index (χ0v) is 22.8. The van der Waals surface area contributed by atoms with E-state index < -0.39 is 0 Å². The predicted molar refractivity (Wildman–Crippen MR) is 154 cm³/mol. The molecule has 4 aromatic rings. The second-order valence-electron chi connectivity index (χ2n) is 8.40. The largest absolute Gasteiger partial charge is 0.466 e. The number of carbonyl (C=O) groups is 2. The number of benzene rings is 3. The van der Waals surface area contributed by atoms with Gasteiger partial charge >= 0.3 is 5.97 Å². The van der Waals surface area contributed by atoms with Crippen LogP contribution in [0.4, 0.5) is 5.69 Å². The minimum Gasteiger partial charge on any atom is -0.466 e. The van der Waals surface area contributed by atoms with Gasteiger partial charge in [-0.25, -0.2) is 4.98 Å². The normalized spacial score (nSPS) is 10.6. The van der Waals surface area contributed by atoms with E-state index in [0.717, 1.165) is 21.8 Å². The molecule has 3 aromatic carbocycles. The zero-order chi connectivity index (χ0) is 26.4. The van der Waals surface area contributed by atoms with Crippen molar-refractivity contribution in [2.45, 2.75) is 24.3 Å². The highest BCUT2D eigenvalue weighted by molar-refractivity contribution is 7.98. The summed E-state index contributed by atoms with van der Waals surface area (Å²) in [6.07, 6.45) is 0.106. The van der Waals surface area contributed by atoms with Crippen LogP contribution in [0.25, 0.3) is 11.0 Å². The van der Waals surface area contributed by atoms with Gasteiger partial charge in [0.25, 0.3) is 5.91 Å². The van der Waals surface area contributed by atoms with Crippen molar-refractivity contribution in [2.24, 2.45) is 12.8 Å². The molecule has 0 bridgehead atoms. The van der Waals surface area contributed by atoms with Gasteiger partial charge in [0.1, 0.15) is 5.84 Å². The third-order valence-electron chi connectivity index (χ3n) is 5.88. The van der Waals surface area contributed by atoms with Crippen molar-refractivity contribution in [1.82, 2.24) is 9.55 Å². The van der Waals surface area contributed by atoms with Crippen molar-refractivity contribution in [2.75, 3.05) is 18.1 Å². The number of nitrogens with zero attached hydrogens (tertiary/aromatic N) is 3. The number of para-hydroxylation sites is 1. The maximum atomic E-state index is 13.5. The van der Waals surface area contributed by atoms with Crippen LogP contribution in [0.3, 0.4) is 0 Å². The number of esters is 1. The van der Waals surface area contributed by atoms with Crippen LogP contribution >= 0.6 is 24.2 Å². The van der Waals surface area contributed by atoms with Crippen molar-refractivity contribution in [3.8, 4) is 0 Å². The summed E-state index contributed by atoms with van der Waals surface area (Å²) in [7, 11) is 1.95. The van der Waals surface area contributed by atoms with Gasteiger partial charge in [0.15, 0.2) is 5.16 Å². The summed E-state index contributed by atoms with van der Waals surface area (Å²) < 4.78 is 7.06. The molecular formula is C28H30ClN5O3S. The van der Waals surface area contributed by atoms with E-state index in [9.17, 15) is 9.59 Å². The summed E-state index contributed by atoms with van der Waals surface area (Å²) in [4.78, 5) is 31.9. The Bertz CT molecular complexity index is 1420. The Kier molecular flexibility index (Phi) is 9.92. The van der Waals surface area contributed by atoms with Crippen LogP contribution in [0.5, 0.6) is 0 Å². The predicted octanol–water partition coefficient (Wildman–Crippen LogP) is 5.17. The minimum atomic E-state index is -0.339. The Labute approximate surface area is 232 Å². The first-order valence-corrected chi connectivity index (χ1v) is 12.9. The molecule has 0 saturated heterocycles. The van der Waals surface area contributed by atoms with Gasteiger partial charge in [-0.15, -0.1) is 12.4 Å². The summed E-state index contributed by atoms with van der Waals surface area (Å²) in [5.41, 5.74) is 10.2. The van der Waals surface area contributed by atoms with Gasteiger partial charge in [0.2, 0.25) is 0 Å². The van der Waals surface area contributed by atoms with E-state index >= 15 is 0 Å². The summed E-state index contributed by atoms with van der Waals surface area (Å²) in [6, 6.07) is 22.4. The Balaban J connectivity index is 0.00000400. The van der Waals surface area contributed by atoms with Crippen LogP contribution in [0, 0.1) is 5.41 Å². The fourth-order valence-electron chi connectivity index (χ4n) is 3.92. The lowest BCUT2D eigenvalue weighted by molar-refractivity contribution is -0.142. The highest BCUT2D eigenvalue weighted by Crippen LogP contribution is 2.27. The molecule has 1 amide bonds. The standard InChI is InChI=1S/C28H29N5O3S.ClH/c1-3-36-25(34)15-16-33(22-7-5-4-6-8-22)27(35)21-13-14-24-23(17-21)31-28(32(24)2)37-18-19-9-11-20(12-10-19)26(29)30;/h4-14,17H,3,15-16,18H2,1-2H3,(H3,29,30);1H. The molecule has 0 aliphatic rings. The maximum Gasteiger partial charge on any atom is 0.307 e. The number of hydrogen-bond donors (Lipinski definition) is 2. The Hall–Kier alpha value is -3.82. The number of amides is 1. The molecular weight excluding hydrogens is 522 g/mol. The number of ether oxygens (including phenoxy) is 1. The number of nitrogens with two attached hydrogens (primary N) is 1. The van der Waals surface area contributed by atoms with Crippen molar-refractivity contribution in [1.29, 1.82) is 5.41 Å². The molecule has 10 heteroatoms. The molecule has 0 saturated carbocycles. The number of hydrogen-bond acceptors (Lipinski definition) is 6. The number of carbonyl (C=O) groups excluding carboxylic acids is 2. The molecule has 1 heterocycles. The number of fused-ring (bicyclic) bond motifs is 1. The van der Waals surface area contributed by atoms with Crippen LogP contribution in [-0.2, 0) is 22.3 Å². The number of aromatic nitrogens is 2. The third-order valence-corrected chi connectivity index (χ3v) is 6.98. The van der Waals surface area contributed by atoms with Gasteiger partial charge < -0.3 is 19.9 Å². The number of nitrogens with one attached hydrogen (secondary N) is 1. The molecule has 0 aliphatic heterocycles. The number of nitrogen functional groups attached to an aromatic ring is 1. The van der Waals surface area contributed by atoms with Gasteiger partial charge in [-0.1, -0.05) is 54.2 Å². The first-order chi connectivity index (χ1) is 17.9. The number of amidine groups is 1. The van der Waals surface area contributed by atoms with Gasteiger partial charge in [-0.05, 0) is 42.8 Å². The van der Waals surface area contributed by atoms with Crippen molar-refractivity contribution in [3.63, 3.8) is 0 Å². The average molecular weight is 552 g/mol. The van der Waals surface area contributed by atoms with E-state index in [2.05, 4.69) is 0 Å². The second kappa shape index (κ2) is 13.1. The first-order valence-electron chi connectivity index (χ1n) is 11.9. The molecule has 198 valence electrons. The summed E-state index contributed by atoms with van der Waals surface area (Å²) in [5, 5.41) is 8.36. The third kappa shape index (κ3) is 6.73. The number of rotatable bonds is 10. The Morgan fingerprint density at radius 3 is 2.39 bits per heavy atom. The van der Waals surface area contributed by atoms with E-state index in [1.54, 1.807) is 35.7 Å². The van der Waals surface area contributed by atoms with Crippen molar-refractivity contribution < 1.29 is 14.3 Å². The van der Waals surface area contributed by atoms with Gasteiger partial charge in [0, 0.05) is 36.2 Å². The van der Waals surface area contributed by atoms with Gasteiger partial charge in [0.05, 0.1) is 24.1 Å². The average Bonchev–Trinajstić information content (AvgIpc) is 3.23. The fraction of sp³-hybridized carbons (Fsp3) is 0.214. The monoisotopic (exact) mass is 551 g/mol. The molecule has 3 N–H and O–H groups in total. The molecule has 4 rings (SSSR count). The topological polar surface area (TPSA) is 114 Å². The number of thioether (sulfide) groups is 1. The molecule has 0 unspecified atom stereocenters. The maximum absolute atomic E-state index is 13.5. The van der Waals surface area contributed by atoms with Crippen molar-refractivity contribution in [3.05, 3.63) is 89.5 Å². The second-order valence-corrected chi connectivity index (χ2v) is 9.35. The van der Waals surface area contributed by atoms with Crippen molar-refractivity contribution >= 4 is 58.6 Å². The molecule has 0 fully saturated rings. The van der Waals surface area contributed by atoms with Crippen LogP contribution < -0.4 is 10.6 Å². The highest BCUT2D eigenvalue weighted by Gasteiger charge is 2.20. The summed E-state index contributed by atoms with van der Waals surface area (Å²) in [5.74, 6) is 0.208. The molecule has 0 spiro atoms. The Morgan fingerprint density at radius 2 is 1.74 bits per heavy atom. The molecule has 0 radical (unpaired) electrons. The molecule has 0 aliphatic carbocycles. The van der Waals surface area contributed by atoms with E-state index in [1.807, 2.05) is 72.3 Å². The smallest absolute Gasteiger partial charge is 0.307 e. The quantitative estimate of drug-likeness (QED) is 0.122. The number of aryl methyl sites for hydroxylation is 1. The lowest BCUT2D eigenvalue weighted by Crippen LogP contribution is -2.33. The van der Waals surface area contributed by atoms with Gasteiger partial charge in [-0.3, -0.25) is 15.0 Å².